The summed E-state index contributed by atoms with van der Waals surface area (Å²) in [5.74, 6) is -1.30. The second kappa shape index (κ2) is 9.61. The van der Waals surface area contributed by atoms with Gasteiger partial charge in [0.25, 0.3) is 0 Å². The van der Waals surface area contributed by atoms with E-state index in [0.717, 1.165) is 0 Å². The summed E-state index contributed by atoms with van der Waals surface area (Å²) in [6.07, 6.45) is 2.78. The molecule has 0 amide bonds. The van der Waals surface area contributed by atoms with Crippen molar-refractivity contribution in [2.75, 3.05) is 13.2 Å². The summed E-state index contributed by atoms with van der Waals surface area (Å²) in [6, 6.07) is 4.30. The lowest BCUT2D eigenvalue weighted by Crippen LogP contribution is -2.09. The molecule has 0 radical (unpaired) electrons. The van der Waals surface area contributed by atoms with Crippen LogP contribution in [0, 0.1) is 6.92 Å². The molecule has 0 saturated heterocycles. The molecule has 2 aromatic rings. The number of aryl methyl sites for hydroxylation is 1. The lowest BCUT2D eigenvalue weighted by molar-refractivity contribution is 0.0525. The summed E-state index contributed by atoms with van der Waals surface area (Å²) in [6.45, 7) is 5.01. The van der Waals surface area contributed by atoms with Crippen molar-refractivity contribution in [2.45, 2.75) is 27.4 Å². The Balaban J connectivity index is 2.50. The van der Waals surface area contributed by atoms with Gasteiger partial charge in [-0.05, 0) is 39.0 Å². The first-order valence-corrected chi connectivity index (χ1v) is 8.72. The van der Waals surface area contributed by atoms with Crippen molar-refractivity contribution in [3.63, 3.8) is 0 Å². The van der Waals surface area contributed by atoms with Crippen LogP contribution in [0.4, 0.5) is 5.69 Å². The van der Waals surface area contributed by atoms with Crippen LogP contribution >= 0.6 is 0 Å². The zero-order valence-electron chi connectivity index (χ0n) is 15.9. The average Bonchev–Trinajstić information content (AvgIpc) is 2.69. The van der Waals surface area contributed by atoms with E-state index in [1.54, 1.807) is 20.8 Å². The molecule has 0 aliphatic carbocycles. The van der Waals surface area contributed by atoms with Gasteiger partial charge in [0, 0.05) is 23.5 Å². The van der Waals surface area contributed by atoms with E-state index < -0.39 is 11.9 Å². The molecule has 0 atom stereocenters. The molecule has 0 aliphatic heterocycles. The molecular weight excluding hydrogens is 364 g/mol. The van der Waals surface area contributed by atoms with E-state index >= 15 is 0 Å². The van der Waals surface area contributed by atoms with Crippen LogP contribution in [-0.2, 0) is 16.1 Å². The van der Waals surface area contributed by atoms with E-state index in [2.05, 4.69) is 9.98 Å². The molecule has 0 saturated carbocycles. The van der Waals surface area contributed by atoms with Crippen molar-refractivity contribution in [3.05, 3.63) is 52.3 Å². The first-order valence-electron chi connectivity index (χ1n) is 8.72. The molecule has 1 aromatic heterocycles. The second-order valence-corrected chi connectivity index (χ2v) is 5.76. The number of aliphatic hydroxyl groups excluding tert-OH is 1. The lowest BCUT2D eigenvalue weighted by Gasteiger charge is -2.08. The Labute approximate surface area is 162 Å². The number of aromatic hydroxyl groups is 1. The van der Waals surface area contributed by atoms with Gasteiger partial charge in [-0.3, -0.25) is 9.98 Å². The van der Waals surface area contributed by atoms with Gasteiger partial charge < -0.3 is 19.7 Å². The van der Waals surface area contributed by atoms with Crippen LogP contribution in [0.15, 0.2) is 29.4 Å². The summed E-state index contributed by atoms with van der Waals surface area (Å²) >= 11 is 0. The topological polar surface area (TPSA) is 118 Å². The minimum atomic E-state index is -0.594. The molecule has 8 nitrogen and oxygen atoms in total. The van der Waals surface area contributed by atoms with Crippen LogP contribution in [-0.4, -0.2) is 46.6 Å². The third-order valence-electron chi connectivity index (χ3n) is 3.81. The molecule has 0 bridgehead atoms. The molecule has 2 rings (SSSR count). The standard InChI is InChI=1S/C20H22N2O6/c1-4-27-19(25)13-6-14(20(26)28-5-2)8-16(7-13)22-10-17-15(11-23)9-21-12(3)18(17)24/h6-10,23-24H,4-5,11H2,1-3H3. The minimum Gasteiger partial charge on any atom is -0.505 e. The van der Waals surface area contributed by atoms with E-state index in [-0.39, 0.29) is 42.4 Å². The number of ether oxygens (including phenoxy) is 2. The van der Waals surface area contributed by atoms with Gasteiger partial charge in [-0.2, -0.15) is 0 Å². The molecule has 1 heterocycles. The molecule has 28 heavy (non-hydrogen) atoms. The maximum Gasteiger partial charge on any atom is 0.338 e. The van der Waals surface area contributed by atoms with Crippen LogP contribution < -0.4 is 0 Å². The van der Waals surface area contributed by atoms with Crippen molar-refractivity contribution in [3.8, 4) is 5.75 Å². The Morgan fingerprint density at radius 3 is 2.18 bits per heavy atom. The summed E-state index contributed by atoms with van der Waals surface area (Å²) in [5.41, 5.74) is 1.65. The van der Waals surface area contributed by atoms with Gasteiger partial charge in [-0.15, -0.1) is 0 Å². The zero-order chi connectivity index (χ0) is 20.7. The third kappa shape index (κ3) is 4.92. The molecular formula is C20H22N2O6. The lowest BCUT2D eigenvalue weighted by atomic mass is 10.1. The summed E-state index contributed by atoms with van der Waals surface area (Å²) in [4.78, 5) is 32.4. The van der Waals surface area contributed by atoms with Crippen LogP contribution in [0.2, 0.25) is 0 Å². The normalized spacial score (nSPS) is 10.9. The number of aliphatic hydroxyl groups is 1. The van der Waals surface area contributed by atoms with Crippen LogP contribution in [0.5, 0.6) is 5.75 Å². The zero-order valence-corrected chi connectivity index (χ0v) is 15.9. The average molecular weight is 386 g/mol. The molecule has 148 valence electrons. The number of hydrogen-bond donors (Lipinski definition) is 2. The number of aromatic nitrogens is 1. The highest BCUT2D eigenvalue weighted by molar-refractivity contribution is 5.97. The van der Waals surface area contributed by atoms with Crippen LogP contribution in [0.3, 0.4) is 0 Å². The van der Waals surface area contributed by atoms with Gasteiger partial charge in [-0.25, -0.2) is 9.59 Å². The van der Waals surface area contributed by atoms with Crippen molar-refractivity contribution in [1.29, 1.82) is 0 Å². The van der Waals surface area contributed by atoms with Gasteiger partial charge in [0.15, 0.2) is 0 Å². The van der Waals surface area contributed by atoms with E-state index in [1.807, 2.05) is 0 Å². The molecule has 1 aromatic carbocycles. The highest BCUT2D eigenvalue weighted by Gasteiger charge is 2.15. The van der Waals surface area contributed by atoms with Gasteiger partial charge >= 0.3 is 11.9 Å². The maximum absolute atomic E-state index is 12.1. The van der Waals surface area contributed by atoms with Crippen LogP contribution in [0.25, 0.3) is 0 Å². The molecule has 0 fully saturated rings. The molecule has 2 N–H and O–H groups in total. The summed E-state index contributed by atoms with van der Waals surface area (Å²) in [7, 11) is 0. The molecule has 8 heteroatoms. The highest BCUT2D eigenvalue weighted by atomic mass is 16.5. The highest BCUT2D eigenvalue weighted by Crippen LogP contribution is 2.24. The second-order valence-electron chi connectivity index (χ2n) is 5.76. The van der Waals surface area contributed by atoms with Crippen molar-refractivity contribution in [2.24, 2.45) is 4.99 Å². The monoisotopic (exact) mass is 386 g/mol. The SMILES string of the molecule is CCOC(=O)c1cc(N=Cc2c(CO)cnc(C)c2O)cc(C(=O)OCC)c1. The fraction of sp³-hybridized carbons (Fsp3) is 0.300. The number of hydrogen-bond acceptors (Lipinski definition) is 8. The van der Waals surface area contributed by atoms with Gasteiger partial charge in [-0.1, -0.05) is 0 Å². The number of benzene rings is 1. The van der Waals surface area contributed by atoms with E-state index in [4.69, 9.17) is 9.47 Å². The molecule has 0 spiro atoms. The smallest absolute Gasteiger partial charge is 0.338 e. The fourth-order valence-corrected chi connectivity index (χ4v) is 2.41. The predicted octanol–water partition coefficient (Wildman–Crippen LogP) is 2.69. The quantitative estimate of drug-likeness (QED) is 0.555. The third-order valence-corrected chi connectivity index (χ3v) is 3.81. The van der Waals surface area contributed by atoms with Gasteiger partial charge in [0.1, 0.15) is 5.75 Å². The summed E-state index contributed by atoms with van der Waals surface area (Å²) in [5, 5.41) is 19.6. The van der Waals surface area contributed by atoms with Gasteiger partial charge in [0.05, 0.1) is 42.3 Å². The van der Waals surface area contributed by atoms with E-state index in [1.165, 1.54) is 30.6 Å². The first kappa shape index (κ1) is 21.0. The number of pyridine rings is 1. The van der Waals surface area contributed by atoms with Crippen LogP contribution in [0.1, 0.15) is 51.4 Å². The number of nitrogens with zero attached hydrogens (tertiary/aromatic N) is 2. The predicted molar refractivity (Wildman–Crippen MR) is 102 cm³/mol. The fourth-order valence-electron chi connectivity index (χ4n) is 2.41. The minimum absolute atomic E-state index is 0.109. The number of carbonyl (C=O) groups is 2. The Kier molecular flexibility index (Phi) is 7.22. The van der Waals surface area contributed by atoms with E-state index in [0.29, 0.717) is 16.8 Å². The first-order chi connectivity index (χ1) is 13.4. The van der Waals surface area contributed by atoms with Gasteiger partial charge in [0.2, 0.25) is 0 Å². The number of rotatable bonds is 7. The Morgan fingerprint density at radius 2 is 1.68 bits per heavy atom. The number of esters is 2. The van der Waals surface area contributed by atoms with E-state index in [9.17, 15) is 19.8 Å². The van der Waals surface area contributed by atoms with Crippen molar-refractivity contribution < 1.29 is 29.3 Å². The Hall–Kier alpha value is -3.26. The maximum atomic E-state index is 12.1. The Morgan fingerprint density at radius 1 is 1.11 bits per heavy atom. The Bertz CT molecular complexity index is 872. The number of carbonyl (C=O) groups excluding carboxylic acids is 2. The largest absolute Gasteiger partial charge is 0.505 e. The van der Waals surface area contributed by atoms with Crippen molar-refractivity contribution in [1.82, 2.24) is 4.98 Å². The number of aliphatic imine (C=N–C) groups is 1. The molecule has 0 unspecified atom stereocenters. The molecule has 0 aliphatic rings. The summed E-state index contributed by atoms with van der Waals surface area (Å²) < 4.78 is 9.98. The van der Waals surface area contributed by atoms with Crippen molar-refractivity contribution >= 4 is 23.8 Å².